The molecule has 1 N–H and O–H groups in total. The van der Waals surface area contributed by atoms with Gasteiger partial charge in [-0.2, -0.15) is 0 Å². The molecule has 4 heteroatoms. The first-order valence-corrected chi connectivity index (χ1v) is 8.00. The summed E-state index contributed by atoms with van der Waals surface area (Å²) in [6, 6.07) is 5.50. The van der Waals surface area contributed by atoms with Crippen LogP contribution in [-0.4, -0.2) is 22.4 Å². The van der Waals surface area contributed by atoms with Crippen LogP contribution in [0.15, 0.2) is 18.2 Å². The van der Waals surface area contributed by atoms with Crippen molar-refractivity contribution in [1.82, 2.24) is 15.3 Å². The largest absolute Gasteiger partial charge is 0.352 e. The van der Waals surface area contributed by atoms with E-state index in [1.165, 1.54) is 6.42 Å². The number of aryl methyl sites for hydroxylation is 2. The lowest BCUT2D eigenvalue weighted by atomic mass is 10.1. The van der Waals surface area contributed by atoms with Gasteiger partial charge in [0.1, 0.15) is 0 Å². The summed E-state index contributed by atoms with van der Waals surface area (Å²) >= 11 is 0. The van der Waals surface area contributed by atoms with Crippen LogP contribution in [0.1, 0.15) is 54.9 Å². The number of nitrogens with zero attached hydrogens (tertiary/aromatic N) is 2. The van der Waals surface area contributed by atoms with E-state index >= 15 is 0 Å². The normalized spacial score (nSPS) is 11.1. The Labute approximate surface area is 132 Å². The zero-order valence-corrected chi connectivity index (χ0v) is 13.9. The van der Waals surface area contributed by atoms with Crippen LogP contribution in [-0.2, 0) is 0 Å². The first-order chi connectivity index (χ1) is 10.5. The molecule has 0 radical (unpaired) electrons. The van der Waals surface area contributed by atoms with Gasteiger partial charge in [-0.15, -0.1) is 0 Å². The molecule has 0 saturated carbocycles. The van der Waals surface area contributed by atoms with Crippen molar-refractivity contribution < 1.29 is 4.79 Å². The van der Waals surface area contributed by atoms with Gasteiger partial charge in [0.05, 0.1) is 22.4 Å². The number of carbonyl (C=O) groups excluding carboxylic acids is 1. The molecule has 4 nitrogen and oxygen atoms in total. The lowest BCUT2D eigenvalue weighted by molar-refractivity contribution is 0.0953. The molecule has 22 heavy (non-hydrogen) atoms. The third-order valence-electron chi connectivity index (χ3n) is 3.83. The highest BCUT2D eigenvalue weighted by molar-refractivity contribution is 5.97. The van der Waals surface area contributed by atoms with E-state index in [4.69, 9.17) is 0 Å². The van der Waals surface area contributed by atoms with Crippen LogP contribution in [0.4, 0.5) is 0 Å². The molecule has 118 valence electrons. The van der Waals surface area contributed by atoms with Gasteiger partial charge in [-0.3, -0.25) is 4.79 Å². The highest BCUT2D eigenvalue weighted by atomic mass is 16.1. The Bertz CT molecular complexity index is 665. The van der Waals surface area contributed by atoms with Crippen molar-refractivity contribution in [3.8, 4) is 0 Å². The van der Waals surface area contributed by atoms with Crippen molar-refractivity contribution in [3.63, 3.8) is 0 Å². The van der Waals surface area contributed by atoms with E-state index in [1.807, 2.05) is 32.0 Å². The van der Waals surface area contributed by atoms with Crippen LogP contribution in [0.5, 0.6) is 0 Å². The number of rotatable bonds is 6. The van der Waals surface area contributed by atoms with Gasteiger partial charge < -0.3 is 5.32 Å². The molecular formula is C18H25N3O. The SMILES string of the molecule is Cc1nc2ccc(C(=O)NCCCCC(C)C)cc2nc1C. The molecule has 1 amide bonds. The molecule has 0 aliphatic carbocycles. The second-order valence-electron chi connectivity index (χ2n) is 6.24. The zero-order chi connectivity index (χ0) is 16.1. The third-order valence-corrected chi connectivity index (χ3v) is 3.83. The number of hydrogen-bond acceptors (Lipinski definition) is 3. The maximum atomic E-state index is 12.2. The van der Waals surface area contributed by atoms with Crippen LogP contribution in [0.25, 0.3) is 11.0 Å². The Morgan fingerprint density at radius 2 is 1.77 bits per heavy atom. The van der Waals surface area contributed by atoms with Crippen molar-refractivity contribution >= 4 is 16.9 Å². The van der Waals surface area contributed by atoms with Gasteiger partial charge in [0.25, 0.3) is 5.91 Å². The van der Waals surface area contributed by atoms with Gasteiger partial charge in [-0.05, 0) is 44.4 Å². The fourth-order valence-electron chi connectivity index (χ4n) is 2.35. The second-order valence-corrected chi connectivity index (χ2v) is 6.24. The molecule has 0 spiro atoms. The number of aromatic nitrogens is 2. The summed E-state index contributed by atoms with van der Waals surface area (Å²) in [5.74, 6) is 0.688. The number of nitrogens with one attached hydrogen (secondary N) is 1. The van der Waals surface area contributed by atoms with E-state index in [1.54, 1.807) is 0 Å². The summed E-state index contributed by atoms with van der Waals surface area (Å²) in [4.78, 5) is 21.2. The van der Waals surface area contributed by atoms with E-state index < -0.39 is 0 Å². The number of fused-ring (bicyclic) bond motifs is 1. The molecule has 0 fully saturated rings. The van der Waals surface area contributed by atoms with Crippen molar-refractivity contribution in [1.29, 1.82) is 0 Å². The molecule has 1 aromatic carbocycles. The van der Waals surface area contributed by atoms with Gasteiger partial charge in [-0.1, -0.05) is 26.7 Å². The standard InChI is InChI=1S/C18H25N3O/c1-12(2)7-5-6-10-19-18(22)15-8-9-16-17(11-15)21-14(4)13(3)20-16/h8-9,11-12H,5-7,10H2,1-4H3,(H,19,22). The minimum absolute atomic E-state index is 0.0357. The predicted molar refractivity (Wildman–Crippen MR) is 90.0 cm³/mol. The van der Waals surface area contributed by atoms with Gasteiger partial charge in [0.2, 0.25) is 0 Å². The molecule has 0 aliphatic heterocycles. The summed E-state index contributed by atoms with van der Waals surface area (Å²) in [5.41, 5.74) is 4.08. The van der Waals surface area contributed by atoms with E-state index in [9.17, 15) is 4.79 Å². The smallest absolute Gasteiger partial charge is 0.251 e. The Morgan fingerprint density at radius 1 is 1.09 bits per heavy atom. The second kappa shape index (κ2) is 7.34. The minimum Gasteiger partial charge on any atom is -0.352 e. The molecule has 0 atom stereocenters. The number of amides is 1. The molecule has 0 bridgehead atoms. The fraction of sp³-hybridized carbons (Fsp3) is 0.500. The predicted octanol–water partition coefficient (Wildman–Crippen LogP) is 3.80. The van der Waals surface area contributed by atoms with Crippen molar-refractivity contribution in [2.24, 2.45) is 5.92 Å². The van der Waals surface area contributed by atoms with Crippen LogP contribution in [0, 0.1) is 19.8 Å². The van der Waals surface area contributed by atoms with Crippen molar-refractivity contribution in [2.75, 3.05) is 6.54 Å². The minimum atomic E-state index is -0.0357. The number of carbonyl (C=O) groups is 1. The first kappa shape index (κ1) is 16.4. The van der Waals surface area contributed by atoms with Crippen molar-refractivity contribution in [2.45, 2.75) is 47.0 Å². The van der Waals surface area contributed by atoms with Gasteiger partial charge in [0, 0.05) is 12.1 Å². The quantitative estimate of drug-likeness (QED) is 0.825. The summed E-state index contributed by atoms with van der Waals surface area (Å²) in [7, 11) is 0. The number of unbranched alkanes of at least 4 members (excludes halogenated alkanes) is 1. The molecule has 1 aromatic heterocycles. The Morgan fingerprint density at radius 3 is 2.45 bits per heavy atom. The van der Waals surface area contributed by atoms with Crippen LogP contribution < -0.4 is 5.32 Å². The maximum Gasteiger partial charge on any atom is 0.251 e. The molecule has 1 heterocycles. The van der Waals surface area contributed by atoms with Crippen LogP contribution in [0.2, 0.25) is 0 Å². The number of benzene rings is 1. The molecular weight excluding hydrogens is 274 g/mol. The lowest BCUT2D eigenvalue weighted by Crippen LogP contribution is -2.24. The van der Waals surface area contributed by atoms with E-state index in [2.05, 4.69) is 29.1 Å². The monoisotopic (exact) mass is 299 g/mol. The average Bonchev–Trinajstić information content (AvgIpc) is 2.47. The summed E-state index contributed by atoms with van der Waals surface area (Å²) in [5, 5.41) is 2.98. The topological polar surface area (TPSA) is 54.9 Å². The Kier molecular flexibility index (Phi) is 5.47. The first-order valence-electron chi connectivity index (χ1n) is 8.00. The fourth-order valence-corrected chi connectivity index (χ4v) is 2.35. The molecule has 2 rings (SSSR count). The van der Waals surface area contributed by atoms with E-state index in [0.29, 0.717) is 5.56 Å². The Balaban J connectivity index is 1.98. The average molecular weight is 299 g/mol. The van der Waals surface area contributed by atoms with Crippen LogP contribution >= 0.6 is 0 Å². The van der Waals surface area contributed by atoms with E-state index in [0.717, 1.165) is 47.7 Å². The van der Waals surface area contributed by atoms with E-state index in [-0.39, 0.29) is 5.91 Å². The van der Waals surface area contributed by atoms with Gasteiger partial charge in [0.15, 0.2) is 0 Å². The molecule has 2 aromatic rings. The molecule has 0 saturated heterocycles. The van der Waals surface area contributed by atoms with Gasteiger partial charge in [-0.25, -0.2) is 9.97 Å². The highest BCUT2D eigenvalue weighted by Gasteiger charge is 2.08. The third kappa shape index (κ3) is 4.26. The number of hydrogen-bond donors (Lipinski definition) is 1. The molecule has 0 aliphatic rings. The summed E-state index contributed by atoms with van der Waals surface area (Å²) in [6.07, 6.45) is 3.38. The highest BCUT2D eigenvalue weighted by Crippen LogP contribution is 2.14. The Hall–Kier alpha value is -1.97. The van der Waals surface area contributed by atoms with Gasteiger partial charge >= 0.3 is 0 Å². The van der Waals surface area contributed by atoms with Crippen molar-refractivity contribution in [3.05, 3.63) is 35.2 Å². The summed E-state index contributed by atoms with van der Waals surface area (Å²) in [6.45, 7) is 9.04. The van der Waals surface area contributed by atoms with Crippen LogP contribution in [0.3, 0.4) is 0 Å². The summed E-state index contributed by atoms with van der Waals surface area (Å²) < 4.78 is 0. The molecule has 0 unspecified atom stereocenters. The maximum absolute atomic E-state index is 12.2. The zero-order valence-electron chi connectivity index (χ0n) is 13.9. The lowest BCUT2D eigenvalue weighted by Gasteiger charge is -2.08.